The van der Waals surface area contributed by atoms with E-state index in [4.69, 9.17) is 4.74 Å². The van der Waals surface area contributed by atoms with Gasteiger partial charge in [0, 0.05) is 6.54 Å². The zero-order valence-corrected chi connectivity index (χ0v) is 11.4. The fraction of sp³-hybridized carbons (Fsp3) is 0.231. The Morgan fingerprint density at radius 1 is 1.23 bits per heavy atom. The lowest BCUT2D eigenvalue weighted by Gasteiger charge is -2.09. The number of hydrogen-bond donors (Lipinski definition) is 1. The molecule has 0 atom stereocenters. The van der Waals surface area contributed by atoms with E-state index in [0.29, 0.717) is 23.8 Å². The monoisotopic (exact) mass is 306 g/mol. The van der Waals surface area contributed by atoms with E-state index in [0.717, 1.165) is 5.56 Å². The third-order valence-corrected chi connectivity index (χ3v) is 2.82. The normalized spacial score (nSPS) is 11.0. The summed E-state index contributed by atoms with van der Waals surface area (Å²) in [7, 11) is 0. The molecule has 0 aliphatic heterocycles. The van der Waals surface area contributed by atoms with Crippen molar-refractivity contribution in [1.82, 2.24) is 25.3 Å². The maximum Gasteiger partial charge on any atom is 0.272 e. The lowest BCUT2D eigenvalue weighted by Crippen LogP contribution is -2.08. The average molecular weight is 306 g/mol. The van der Waals surface area contributed by atoms with Crippen molar-refractivity contribution in [2.24, 2.45) is 0 Å². The van der Waals surface area contributed by atoms with Crippen molar-refractivity contribution >= 4 is 11.5 Å². The van der Waals surface area contributed by atoms with Crippen molar-refractivity contribution in [1.29, 1.82) is 0 Å². The van der Waals surface area contributed by atoms with Crippen LogP contribution in [0.5, 0.6) is 5.75 Å². The molecular weight excluding hydrogens is 294 g/mol. The molecular formula is C13H12F2N6O. The molecule has 1 aromatic carbocycles. The molecule has 0 saturated carbocycles. The highest BCUT2D eigenvalue weighted by Crippen LogP contribution is 2.15. The Morgan fingerprint density at radius 2 is 2.14 bits per heavy atom. The first kappa shape index (κ1) is 14.1. The number of benzene rings is 1. The standard InChI is InChI=1S/C13H12F2N6O/c14-11(15)8-22-10-3-1-2-9(6-10)7-16-12-4-5-13-17-19-20-21(13)18-12/h1-6,11H,7-8H2,(H,16,18). The van der Waals surface area contributed by atoms with Crippen molar-refractivity contribution in [2.75, 3.05) is 11.9 Å². The topological polar surface area (TPSA) is 77.2 Å². The highest BCUT2D eigenvalue weighted by atomic mass is 19.3. The van der Waals surface area contributed by atoms with Crippen LogP contribution >= 0.6 is 0 Å². The number of rotatable bonds is 6. The zero-order valence-electron chi connectivity index (χ0n) is 11.4. The molecule has 2 heterocycles. The Bertz CT molecular complexity index is 763. The van der Waals surface area contributed by atoms with Crippen LogP contribution in [-0.4, -0.2) is 38.3 Å². The first-order chi connectivity index (χ1) is 10.7. The van der Waals surface area contributed by atoms with Crippen LogP contribution in [0, 0.1) is 0 Å². The molecule has 0 bridgehead atoms. The van der Waals surface area contributed by atoms with Crippen molar-refractivity contribution in [3.05, 3.63) is 42.0 Å². The quantitative estimate of drug-likeness (QED) is 0.748. The molecule has 2 aromatic heterocycles. The minimum absolute atomic E-state index is 0.406. The SMILES string of the molecule is FC(F)COc1cccc(CNc2ccc3nnnn3n2)c1. The van der Waals surface area contributed by atoms with Crippen molar-refractivity contribution in [3.63, 3.8) is 0 Å². The molecule has 114 valence electrons. The number of nitrogens with zero attached hydrogens (tertiary/aromatic N) is 5. The second-order valence-electron chi connectivity index (χ2n) is 4.45. The molecule has 0 spiro atoms. The number of tetrazole rings is 1. The number of nitrogens with one attached hydrogen (secondary N) is 1. The van der Waals surface area contributed by atoms with Crippen LogP contribution in [0.1, 0.15) is 5.56 Å². The van der Waals surface area contributed by atoms with E-state index in [-0.39, 0.29) is 0 Å². The predicted molar refractivity (Wildman–Crippen MR) is 73.8 cm³/mol. The Kier molecular flexibility index (Phi) is 4.03. The van der Waals surface area contributed by atoms with Crippen LogP contribution in [0.4, 0.5) is 14.6 Å². The molecule has 0 aliphatic rings. The number of anilines is 1. The highest BCUT2D eigenvalue weighted by Gasteiger charge is 2.05. The number of fused-ring (bicyclic) bond motifs is 1. The third-order valence-electron chi connectivity index (χ3n) is 2.82. The lowest BCUT2D eigenvalue weighted by atomic mass is 10.2. The zero-order chi connectivity index (χ0) is 15.4. The van der Waals surface area contributed by atoms with Gasteiger partial charge in [0.2, 0.25) is 0 Å². The van der Waals surface area contributed by atoms with E-state index in [1.807, 2.05) is 6.07 Å². The summed E-state index contributed by atoms with van der Waals surface area (Å²) in [5.41, 5.74) is 1.43. The second-order valence-corrected chi connectivity index (χ2v) is 4.45. The van der Waals surface area contributed by atoms with E-state index in [2.05, 4.69) is 25.9 Å². The minimum Gasteiger partial charge on any atom is -0.488 e. The lowest BCUT2D eigenvalue weighted by molar-refractivity contribution is 0.0818. The molecule has 3 aromatic rings. The van der Waals surface area contributed by atoms with E-state index < -0.39 is 13.0 Å². The molecule has 1 N–H and O–H groups in total. The van der Waals surface area contributed by atoms with E-state index >= 15 is 0 Å². The van der Waals surface area contributed by atoms with Gasteiger partial charge in [-0.05, 0) is 40.3 Å². The molecule has 0 amide bonds. The van der Waals surface area contributed by atoms with Crippen LogP contribution in [0.3, 0.4) is 0 Å². The molecule has 0 saturated heterocycles. The average Bonchev–Trinajstić information content (AvgIpc) is 2.99. The van der Waals surface area contributed by atoms with Crippen LogP contribution in [0.15, 0.2) is 36.4 Å². The van der Waals surface area contributed by atoms with Gasteiger partial charge in [-0.15, -0.1) is 14.8 Å². The predicted octanol–water partition coefficient (Wildman–Crippen LogP) is 1.78. The fourth-order valence-corrected chi connectivity index (χ4v) is 1.84. The van der Waals surface area contributed by atoms with E-state index in [9.17, 15) is 8.78 Å². The smallest absolute Gasteiger partial charge is 0.272 e. The maximum absolute atomic E-state index is 12.1. The maximum atomic E-state index is 12.1. The summed E-state index contributed by atoms with van der Waals surface area (Å²) < 4.78 is 30.5. The van der Waals surface area contributed by atoms with Gasteiger partial charge in [-0.3, -0.25) is 0 Å². The molecule has 3 rings (SSSR count). The largest absolute Gasteiger partial charge is 0.488 e. The first-order valence-electron chi connectivity index (χ1n) is 6.50. The van der Waals surface area contributed by atoms with Gasteiger partial charge in [0.05, 0.1) is 0 Å². The third kappa shape index (κ3) is 3.43. The van der Waals surface area contributed by atoms with Crippen LogP contribution in [0.25, 0.3) is 5.65 Å². The minimum atomic E-state index is -2.49. The van der Waals surface area contributed by atoms with E-state index in [1.165, 1.54) is 4.63 Å². The van der Waals surface area contributed by atoms with Gasteiger partial charge in [-0.1, -0.05) is 12.1 Å². The van der Waals surface area contributed by atoms with Crippen LogP contribution in [-0.2, 0) is 6.54 Å². The van der Waals surface area contributed by atoms with Crippen LogP contribution < -0.4 is 10.1 Å². The summed E-state index contributed by atoms with van der Waals surface area (Å²) in [5, 5.41) is 18.2. The van der Waals surface area contributed by atoms with Crippen LogP contribution in [0.2, 0.25) is 0 Å². The van der Waals surface area contributed by atoms with Gasteiger partial charge in [0.25, 0.3) is 6.43 Å². The first-order valence-corrected chi connectivity index (χ1v) is 6.50. The van der Waals surface area contributed by atoms with Gasteiger partial charge in [0.15, 0.2) is 5.65 Å². The number of alkyl halides is 2. The Labute approximate surface area is 123 Å². The Balaban J connectivity index is 1.64. The van der Waals surface area contributed by atoms with Gasteiger partial charge in [-0.2, -0.15) is 0 Å². The van der Waals surface area contributed by atoms with E-state index in [1.54, 1.807) is 30.3 Å². The molecule has 0 unspecified atom stereocenters. The van der Waals surface area contributed by atoms with Gasteiger partial charge in [0.1, 0.15) is 18.2 Å². The molecule has 22 heavy (non-hydrogen) atoms. The second kappa shape index (κ2) is 6.29. The summed E-state index contributed by atoms with van der Waals surface area (Å²) in [4.78, 5) is 0. The highest BCUT2D eigenvalue weighted by molar-refractivity contribution is 5.42. The van der Waals surface area contributed by atoms with Gasteiger partial charge >= 0.3 is 0 Å². The Morgan fingerprint density at radius 3 is 3.00 bits per heavy atom. The van der Waals surface area contributed by atoms with Crippen molar-refractivity contribution < 1.29 is 13.5 Å². The van der Waals surface area contributed by atoms with Gasteiger partial charge in [-0.25, -0.2) is 8.78 Å². The number of aromatic nitrogens is 5. The molecule has 0 fully saturated rings. The summed E-state index contributed by atoms with van der Waals surface area (Å²) in [5.74, 6) is 1.00. The molecule has 7 nitrogen and oxygen atoms in total. The van der Waals surface area contributed by atoms with Gasteiger partial charge < -0.3 is 10.1 Å². The fourth-order valence-electron chi connectivity index (χ4n) is 1.84. The molecule has 0 aliphatic carbocycles. The number of hydrogen-bond acceptors (Lipinski definition) is 6. The number of halogens is 2. The summed E-state index contributed by atoms with van der Waals surface area (Å²) in [6.45, 7) is -0.152. The van der Waals surface area contributed by atoms with Crippen molar-refractivity contribution in [2.45, 2.75) is 13.0 Å². The summed E-state index contributed by atoms with van der Waals surface area (Å²) in [6.07, 6.45) is -2.49. The summed E-state index contributed by atoms with van der Waals surface area (Å²) in [6, 6.07) is 10.4. The Hall–Kier alpha value is -2.84. The molecule has 0 radical (unpaired) electrons. The number of ether oxygens (including phenoxy) is 1. The van der Waals surface area contributed by atoms with Crippen molar-refractivity contribution in [3.8, 4) is 5.75 Å². The molecule has 9 heteroatoms. The summed E-state index contributed by atoms with van der Waals surface area (Å²) >= 11 is 0.